The van der Waals surface area contributed by atoms with Gasteiger partial charge in [0.15, 0.2) is 0 Å². The highest BCUT2D eigenvalue weighted by Gasteiger charge is 2.27. The van der Waals surface area contributed by atoms with Crippen LogP contribution in [0.25, 0.3) is 0 Å². The van der Waals surface area contributed by atoms with Gasteiger partial charge >= 0.3 is 5.97 Å². The highest BCUT2D eigenvalue weighted by Crippen LogP contribution is 2.32. The Bertz CT molecular complexity index is 582. The van der Waals surface area contributed by atoms with Gasteiger partial charge in [-0.2, -0.15) is 0 Å². The van der Waals surface area contributed by atoms with Gasteiger partial charge in [0.1, 0.15) is 9.77 Å². The third-order valence-electron chi connectivity index (χ3n) is 2.61. The lowest BCUT2D eigenvalue weighted by molar-refractivity contribution is 0.0702. The molecule has 0 amide bonds. The molecule has 1 aromatic rings. The van der Waals surface area contributed by atoms with E-state index in [1.807, 2.05) is 13.8 Å². The van der Waals surface area contributed by atoms with Gasteiger partial charge in [0, 0.05) is 13.2 Å². The van der Waals surface area contributed by atoms with E-state index < -0.39 is 16.0 Å². The van der Waals surface area contributed by atoms with E-state index >= 15 is 0 Å². The van der Waals surface area contributed by atoms with E-state index in [0.717, 1.165) is 17.4 Å². The smallest absolute Gasteiger partial charge is 0.345 e. The Balaban J connectivity index is 3.07. The Morgan fingerprint density at radius 3 is 2.55 bits per heavy atom. The zero-order chi connectivity index (χ0) is 15.5. The van der Waals surface area contributed by atoms with Crippen LogP contribution in [0.2, 0.25) is 0 Å². The SMILES string of the molecule is COCC(NS(=O)(=O)c1cc(C(=O)O)sc1Br)C(C)C. The average molecular weight is 386 g/mol. The topological polar surface area (TPSA) is 92.7 Å². The molecule has 0 aromatic carbocycles. The number of nitrogens with one attached hydrogen (secondary N) is 1. The van der Waals surface area contributed by atoms with E-state index in [1.54, 1.807) is 0 Å². The summed E-state index contributed by atoms with van der Waals surface area (Å²) in [7, 11) is -2.31. The summed E-state index contributed by atoms with van der Waals surface area (Å²) in [5.41, 5.74) is 0. The van der Waals surface area contributed by atoms with Crippen molar-refractivity contribution in [1.82, 2.24) is 4.72 Å². The van der Waals surface area contributed by atoms with Crippen molar-refractivity contribution in [2.75, 3.05) is 13.7 Å². The summed E-state index contributed by atoms with van der Waals surface area (Å²) < 4.78 is 32.4. The quantitative estimate of drug-likeness (QED) is 0.749. The molecular weight excluding hydrogens is 370 g/mol. The molecule has 1 rings (SSSR count). The second-order valence-corrected chi connectivity index (χ2v) is 8.53. The zero-order valence-corrected chi connectivity index (χ0v) is 14.4. The van der Waals surface area contributed by atoms with Gasteiger partial charge in [-0.3, -0.25) is 0 Å². The second-order valence-electron chi connectivity index (χ2n) is 4.48. The van der Waals surface area contributed by atoms with Crippen LogP contribution in [0.4, 0.5) is 0 Å². The van der Waals surface area contributed by atoms with Crippen molar-refractivity contribution in [3.05, 3.63) is 14.7 Å². The summed E-state index contributed by atoms with van der Waals surface area (Å²) in [6, 6.07) is 0.758. The molecule has 1 atom stereocenters. The molecular formula is C11H16BrNO5S2. The standard InChI is InChI=1S/C11H16BrNO5S2/c1-6(2)7(5-18-3)13-20(16,17)9-4-8(11(14)15)19-10(9)12/h4,6-7,13H,5H2,1-3H3,(H,14,15). The predicted molar refractivity (Wildman–Crippen MR) is 79.8 cm³/mol. The molecule has 0 saturated carbocycles. The summed E-state index contributed by atoms with van der Waals surface area (Å²) in [5.74, 6) is -1.12. The van der Waals surface area contributed by atoms with E-state index in [1.165, 1.54) is 7.11 Å². The lowest BCUT2D eigenvalue weighted by atomic mass is 10.1. The number of carbonyl (C=O) groups is 1. The minimum Gasteiger partial charge on any atom is -0.477 e. The van der Waals surface area contributed by atoms with Crippen LogP contribution in [0.15, 0.2) is 14.7 Å². The molecule has 2 N–H and O–H groups in total. The van der Waals surface area contributed by atoms with Crippen LogP contribution in [0.3, 0.4) is 0 Å². The number of methoxy groups -OCH3 is 1. The number of hydrogen-bond donors (Lipinski definition) is 2. The molecule has 0 bridgehead atoms. The molecule has 0 aliphatic rings. The van der Waals surface area contributed by atoms with Crippen molar-refractivity contribution in [2.24, 2.45) is 5.92 Å². The Morgan fingerprint density at radius 1 is 1.55 bits per heavy atom. The van der Waals surface area contributed by atoms with Gasteiger partial charge in [-0.05, 0) is 27.9 Å². The lowest BCUT2D eigenvalue weighted by Gasteiger charge is -2.21. The minimum atomic E-state index is -3.80. The van der Waals surface area contributed by atoms with Crippen LogP contribution in [-0.2, 0) is 14.8 Å². The maximum atomic E-state index is 12.3. The molecule has 0 saturated heterocycles. The largest absolute Gasteiger partial charge is 0.477 e. The molecule has 1 aromatic heterocycles. The fourth-order valence-electron chi connectivity index (χ4n) is 1.45. The van der Waals surface area contributed by atoms with Crippen LogP contribution in [-0.4, -0.2) is 39.3 Å². The van der Waals surface area contributed by atoms with Crippen molar-refractivity contribution < 1.29 is 23.1 Å². The van der Waals surface area contributed by atoms with Crippen molar-refractivity contribution in [3.63, 3.8) is 0 Å². The van der Waals surface area contributed by atoms with Gasteiger partial charge < -0.3 is 9.84 Å². The Kier molecular flexibility index (Phi) is 6.14. The van der Waals surface area contributed by atoms with Gasteiger partial charge in [-0.15, -0.1) is 11.3 Å². The maximum absolute atomic E-state index is 12.3. The highest BCUT2D eigenvalue weighted by molar-refractivity contribution is 9.11. The minimum absolute atomic E-state index is 0.0370. The van der Waals surface area contributed by atoms with Gasteiger partial charge in [0.2, 0.25) is 10.0 Å². The number of carboxylic acids is 1. The summed E-state index contributed by atoms with van der Waals surface area (Å²) in [4.78, 5) is 10.8. The number of rotatable bonds is 7. The third kappa shape index (κ3) is 4.26. The van der Waals surface area contributed by atoms with Crippen LogP contribution >= 0.6 is 27.3 Å². The van der Waals surface area contributed by atoms with Crippen molar-refractivity contribution in [3.8, 4) is 0 Å². The molecule has 6 nitrogen and oxygen atoms in total. The van der Waals surface area contributed by atoms with Crippen LogP contribution in [0.1, 0.15) is 23.5 Å². The predicted octanol–water partition coefficient (Wildman–Crippen LogP) is 2.16. The summed E-state index contributed by atoms with van der Waals surface area (Å²) in [5, 5.41) is 8.90. The average Bonchev–Trinajstić information content (AvgIpc) is 2.71. The lowest BCUT2D eigenvalue weighted by Crippen LogP contribution is -2.41. The maximum Gasteiger partial charge on any atom is 0.345 e. The zero-order valence-electron chi connectivity index (χ0n) is 11.2. The molecule has 1 unspecified atom stereocenters. The monoisotopic (exact) mass is 385 g/mol. The van der Waals surface area contributed by atoms with Crippen LogP contribution < -0.4 is 4.72 Å². The Labute approximate surface area is 130 Å². The first-order valence-corrected chi connectivity index (χ1v) is 8.82. The van der Waals surface area contributed by atoms with Crippen LogP contribution in [0, 0.1) is 5.92 Å². The Morgan fingerprint density at radius 2 is 2.15 bits per heavy atom. The summed E-state index contributed by atoms with van der Waals surface area (Å²) in [6.07, 6.45) is 0. The molecule has 0 spiro atoms. The molecule has 20 heavy (non-hydrogen) atoms. The molecule has 114 valence electrons. The molecule has 0 fully saturated rings. The molecule has 0 aliphatic heterocycles. The van der Waals surface area contributed by atoms with Gasteiger partial charge in [-0.1, -0.05) is 13.8 Å². The van der Waals surface area contributed by atoms with Crippen LogP contribution in [0.5, 0.6) is 0 Å². The number of aromatic carboxylic acids is 1. The van der Waals surface area contributed by atoms with Crippen molar-refractivity contribution in [1.29, 1.82) is 0 Å². The number of sulfonamides is 1. The van der Waals surface area contributed by atoms with E-state index in [2.05, 4.69) is 20.7 Å². The molecule has 0 aliphatic carbocycles. The molecule has 9 heteroatoms. The first-order chi connectivity index (χ1) is 9.19. The molecule has 0 radical (unpaired) electrons. The van der Waals surface area contributed by atoms with E-state index in [4.69, 9.17) is 9.84 Å². The van der Waals surface area contributed by atoms with E-state index in [0.29, 0.717) is 0 Å². The number of ether oxygens (including phenoxy) is 1. The first-order valence-electron chi connectivity index (χ1n) is 5.73. The first kappa shape index (κ1) is 17.6. The second kappa shape index (κ2) is 6.99. The number of hydrogen-bond acceptors (Lipinski definition) is 5. The normalized spacial score (nSPS) is 13.7. The number of carboxylic acid groups (broad SMARTS) is 1. The van der Waals surface area contributed by atoms with E-state index in [9.17, 15) is 13.2 Å². The van der Waals surface area contributed by atoms with Crippen molar-refractivity contribution in [2.45, 2.75) is 24.8 Å². The van der Waals surface area contributed by atoms with Gasteiger partial charge in [0.25, 0.3) is 0 Å². The summed E-state index contributed by atoms with van der Waals surface area (Å²) >= 11 is 3.96. The van der Waals surface area contributed by atoms with Crippen molar-refractivity contribution >= 4 is 43.3 Å². The third-order valence-corrected chi connectivity index (χ3v) is 6.34. The fourth-order valence-corrected chi connectivity index (χ4v) is 5.22. The van der Waals surface area contributed by atoms with Gasteiger partial charge in [-0.25, -0.2) is 17.9 Å². The fraction of sp³-hybridized carbons (Fsp3) is 0.545. The highest BCUT2D eigenvalue weighted by atomic mass is 79.9. The van der Waals surface area contributed by atoms with E-state index in [-0.39, 0.29) is 32.1 Å². The number of halogens is 1. The summed E-state index contributed by atoms with van der Waals surface area (Å²) in [6.45, 7) is 3.99. The Hall–Kier alpha value is -0.480. The van der Waals surface area contributed by atoms with Gasteiger partial charge in [0.05, 0.1) is 10.4 Å². The number of thiophene rings is 1. The molecule has 1 heterocycles.